The summed E-state index contributed by atoms with van der Waals surface area (Å²) < 4.78 is 0.886. The highest BCUT2D eigenvalue weighted by Gasteiger charge is 2.21. The molecule has 86 valence electrons. The Labute approximate surface area is 105 Å². The molecule has 0 fully saturated rings. The van der Waals surface area contributed by atoms with Crippen molar-refractivity contribution in [3.63, 3.8) is 0 Å². The Morgan fingerprint density at radius 1 is 1.44 bits per heavy atom. The van der Waals surface area contributed by atoms with Crippen LogP contribution in [0.4, 0.5) is 0 Å². The molecule has 1 aromatic rings. The minimum absolute atomic E-state index is 0.442. The first kappa shape index (κ1) is 13.2. The number of unbranched alkanes of at least 4 members (excludes halogenated alkanes) is 1. The van der Waals surface area contributed by atoms with Gasteiger partial charge in [0.1, 0.15) is 0 Å². The molecule has 0 bridgehead atoms. The van der Waals surface area contributed by atoms with Crippen LogP contribution in [0.1, 0.15) is 37.7 Å². The van der Waals surface area contributed by atoms with Gasteiger partial charge in [-0.2, -0.15) is 5.26 Å². The number of aliphatic hydroxyl groups excluding tert-OH is 1. The van der Waals surface area contributed by atoms with Gasteiger partial charge in [0.05, 0.1) is 18.1 Å². The fourth-order valence-electron chi connectivity index (χ4n) is 1.67. The molecule has 1 rings (SSSR count). The lowest BCUT2D eigenvalue weighted by Gasteiger charge is -2.17. The van der Waals surface area contributed by atoms with Crippen LogP contribution >= 0.6 is 15.9 Å². The number of aliphatic hydroxyl groups is 1. The van der Waals surface area contributed by atoms with Gasteiger partial charge in [-0.25, -0.2) is 0 Å². The van der Waals surface area contributed by atoms with E-state index < -0.39 is 12.0 Å². The lowest BCUT2D eigenvalue weighted by molar-refractivity contribution is 0.148. The van der Waals surface area contributed by atoms with E-state index in [0.29, 0.717) is 6.42 Å². The van der Waals surface area contributed by atoms with Crippen LogP contribution in [0.25, 0.3) is 0 Å². The van der Waals surface area contributed by atoms with Gasteiger partial charge in [-0.15, -0.1) is 0 Å². The van der Waals surface area contributed by atoms with Gasteiger partial charge in [0.25, 0.3) is 0 Å². The number of rotatable bonds is 5. The lowest BCUT2D eigenvalue weighted by atomic mass is 9.92. The van der Waals surface area contributed by atoms with Gasteiger partial charge < -0.3 is 5.11 Å². The fourth-order valence-corrected chi connectivity index (χ4v) is 2.20. The number of benzene rings is 1. The molecule has 0 saturated carbocycles. The first-order chi connectivity index (χ1) is 7.70. The van der Waals surface area contributed by atoms with E-state index in [4.69, 9.17) is 5.26 Å². The summed E-state index contributed by atoms with van der Waals surface area (Å²) in [5.74, 6) is -0.442. The summed E-state index contributed by atoms with van der Waals surface area (Å²) in [7, 11) is 0. The summed E-state index contributed by atoms with van der Waals surface area (Å²) in [4.78, 5) is 0. The third kappa shape index (κ3) is 3.33. The standard InChI is InChI=1S/C13H16BrNO/c1-2-3-8-13(16)11(9-15)10-6-4-5-7-12(10)14/h4-7,11,13,16H,2-3,8H2,1H3. The van der Waals surface area contributed by atoms with E-state index in [2.05, 4.69) is 28.9 Å². The number of hydrogen-bond acceptors (Lipinski definition) is 2. The summed E-state index contributed by atoms with van der Waals surface area (Å²) in [5, 5.41) is 19.1. The minimum Gasteiger partial charge on any atom is -0.391 e. The van der Waals surface area contributed by atoms with Crippen LogP contribution in [-0.2, 0) is 0 Å². The van der Waals surface area contributed by atoms with E-state index >= 15 is 0 Å². The average molecular weight is 282 g/mol. The van der Waals surface area contributed by atoms with E-state index in [9.17, 15) is 5.11 Å². The second kappa shape index (κ2) is 6.67. The molecule has 0 aliphatic rings. The first-order valence-electron chi connectivity index (χ1n) is 5.52. The average Bonchev–Trinajstić information content (AvgIpc) is 2.30. The second-order valence-corrected chi connectivity index (χ2v) is 4.69. The summed E-state index contributed by atoms with van der Waals surface area (Å²) >= 11 is 3.41. The number of halogens is 1. The van der Waals surface area contributed by atoms with E-state index in [1.165, 1.54) is 0 Å². The number of hydrogen-bond donors (Lipinski definition) is 1. The van der Waals surface area contributed by atoms with E-state index in [-0.39, 0.29) is 0 Å². The van der Waals surface area contributed by atoms with Crippen molar-refractivity contribution in [3.05, 3.63) is 34.3 Å². The third-order valence-electron chi connectivity index (χ3n) is 2.62. The monoisotopic (exact) mass is 281 g/mol. The third-order valence-corrected chi connectivity index (χ3v) is 3.34. The van der Waals surface area contributed by atoms with Gasteiger partial charge in [-0.3, -0.25) is 0 Å². The van der Waals surface area contributed by atoms with Gasteiger partial charge in [-0.05, 0) is 18.1 Å². The molecule has 1 N–H and O–H groups in total. The Morgan fingerprint density at radius 3 is 2.69 bits per heavy atom. The highest BCUT2D eigenvalue weighted by atomic mass is 79.9. The Balaban J connectivity index is 2.83. The maximum absolute atomic E-state index is 9.97. The topological polar surface area (TPSA) is 44.0 Å². The van der Waals surface area contributed by atoms with Gasteiger partial charge in [0.2, 0.25) is 0 Å². The molecule has 0 heterocycles. The highest BCUT2D eigenvalue weighted by Crippen LogP contribution is 2.28. The van der Waals surface area contributed by atoms with Gasteiger partial charge in [0, 0.05) is 4.47 Å². The van der Waals surface area contributed by atoms with Gasteiger partial charge in [-0.1, -0.05) is 53.9 Å². The van der Waals surface area contributed by atoms with Crippen molar-refractivity contribution in [2.75, 3.05) is 0 Å². The van der Waals surface area contributed by atoms with Crippen molar-refractivity contribution >= 4 is 15.9 Å². The Morgan fingerprint density at radius 2 is 2.12 bits per heavy atom. The molecule has 2 nitrogen and oxygen atoms in total. The molecule has 2 unspecified atom stereocenters. The van der Waals surface area contributed by atoms with E-state index in [1.54, 1.807) is 0 Å². The van der Waals surface area contributed by atoms with Crippen LogP contribution < -0.4 is 0 Å². The Hall–Kier alpha value is -0.850. The van der Waals surface area contributed by atoms with Crippen molar-refractivity contribution in [1.82, 2.24) is 0 Å². The van der Waals surface area contributed by atoms with Crippen LogP contribution in [0, 0.1) is 11.3 Å². The maximum Gasteiger partial charge on any atom is 0.0982 e. The smallest absolute Gasteiger partial charge is 0.0982 e. The lowest BCUT2D eigenvalue weighted by Crippen LogP contribution is -2.17. The molecular formula is C13H16BrNO. The molecule has 1 aromatic carbocycles. The summed E-state index contributed by atoms with van der Waals surface area (Å²) in [6.45, 7) is 2.08. The second-order valence-electron chi connectivity index (χ2n) is 3.84. The zero-order valence-electron chi connectivity index (χ0n) is 9.36. The van der Waals surface area contributed by atoms with Crippen LogP contribution in [0.3, 0.4) is 0 Å². The molecule has 3 heteroatoms. The largest absolute Gasteiger partial charge is 0.391 e. The Kier molecular flexibility index (Phi) is 5.51. The first-order valence-corrected chi connectivity index (χ1v) is 6.32. The zero-order chi connectivity index (χ0) is 12.0. The molecule has 0 amide bonds. The Bertz CT molecular complexity index is 372. The van der Waals surface area contributed by atoms with Crippen molar-refractivity contribution < 1.29 is 5.11 Å². The normalized spacial score (nSPS) is 14.1. The summed E-state index contributed by atoms with van der Waals surface area (Å²) in [6.07, 6.45) is 2.08. The summed E-state index contributed by atoms with van der Waals surface area (Å²) in [6, 6.07) is 9.75. The fraction of sp³-hybridized carbons (Fsp3) is 0.462. The molecule has 16 heavy (non-hydrogen) atoms. The molecule has 0 aliphatic heterocycles. The quantitative estimate of drug-likeness (QED) is 0.896. The zero-order valence-corrected chi connectivity index (χ0v) is 10.9. The van der Waals surface area contributed by atoms with Crippen LogP contribution in [0.5, 0.6) is 0 Å². The van der Waals surface area contributed by atoms with E-state index in [1.807, 2.05) is 24.3 Å². The molecule has 0 saturated heterocycles. The van der Waals surface area contributed by atoms with Crippen LogP contribution in [0.2, 0.25) is 0 Å². The summed E-state index contributed by atoms with van der Waals surface area (Å²) in [5.41, 5.74) is 0.869. The number of nitrogens with zero attached hydrogens (tertiary/aromatic N) is 1. The molecule has 0 spiro atoms. The molecule has 0 aromatic heterocycles. The predicted octanol–water partition coefficient (Wildman–Crippen LogP) is 3.61. The predicted molar refractivity (Wildman–Crippen MR) is 68.0 cm³/mol. The van der Waals surface area contributed by atoms with Crippen molar-refractivity contribution in [1.29, 1.82) is 5.26 Å². The van der Waals surface area contributed by atoms with Crippen molar-refractivity contribution in [3.8, 4) is 6.07 Å². The number of nitriles is 1. The van der Waals surface area contributed by atoms with Gasteiger partial charge >= 0.3 is 0 Å². The van der Waals surface area contributed by atoms with Crippen molar-refractivity contribution in [2.45, 2.75) is 38.2 Å². The SMILES string of the molecule is CCCCC(O)C(C#N)c1ccccc1Br. The molecule has 0 radical (unpaired) electrons. The van der Waals surface area contributed by atoms with Gasteiger partial charge in [0.15, 0.2) is 0 Å². The molecule has 0 aliphatic carbocycles. The van der Waals surface area contributed by atoms with E-state index in [0.717, 1.165) is 22.9 Å². The molecule has 2 atom stereocenters. The van der Waals surface area contributed by atoms with Crippen LogP contribution in [-0.4, -0.2) is 11.2 Å². The molecular weight excluding hydrogens is 266 g/mol. The highest BCUT2D eigenvalue weighted by molar-refractivity contribution is 9.10. The van der Waals surface area contributed by atoms with Crippen LogP contribution in [0.15, 0.2) is 28.7 Å². The maximum atomic E-state index is 9.97. The minimum atomic E-state index is -0.580. The van der Waals surface area contributed by atoms with Crippen molar-refractivity contribution in [2.24, 2.45) is 0 Å².